The largest absolute Gasteiger partial charge is 0.505 e. The Kier molecular flexibility index (Phi) is 2.83. The average Bonchev–Trinajstić information content (AvgIpc) is 2.56. The predicted molar refractivity (Wildman–Crippen MR) is 66.6 cm³/mol. The number of aromatic nitrogens is 1. The molecule has 1 N–H and O–H groups in total. The molecule has 0 radical (unpaired) electrons. The predicted octanol–water partition coefficient (Wildman–Crippen LogP) is 2.65. The van der Waals surface area contributed by atoms with Gasteiger partial charge in [0.15, 0.2) is 11.6 Å². The van der Waals surface area contributed by atoms with Crippen LogP contribution < -0.4 is 0 Å². The number of rotatable bonds is 2. The molecule has 2 rings (SSSR count). The first kappa shape index (κ1) is 11.9. The highest BCUT2D eigenvalue weighted by Gasteiger charge is 2.16. The summed E-state index contributed by atoms with van der Waals surface area (Å²) in [4.78, 5) is 2.07. The van der Waals surface area contributed by atoms with Crippen molar-refractivity contribution >= 4 is 10.9 Å². The molecule has 0 amide bonds. The van der Waals surface area contributed by atoms with Crippen molar-refractivity contribution in [3.63, 3.8) is 0 Å². The van der Waals surface area contributed by atoms with E-state index in [9.17, 15) is 9.50 Å². The lowest BCUT2D eigenvalue weighted by Crippen LogP contribution is -2.16. The summed E-state index contributed by atoms with van der Waals surface area (Å²) in [6.07, 6.45) is 1.98. The monoisotopic (exact) mass is 236 g/mol. The molecule has 3 nitrogen and oxygen atoms in total. The number of aromatic hydroxyl groups is 1. The third-order valence-corrected chi connectivity index (χ3v) is 3.31. The summed E-state index contributed by atoms with van der Waals surface area (Å²) >= 11 is 0. The molecule has 1 unspecified atom stereocenters. The van der Waals surface area contributed by atoms with Gasteiger partial charge in [-0.15, -0.1) is 0 Å². The molecule has 1 atom stereocenters. The Morgan fingerprint density at radius 3 is 2.59 bits per heavy atom. The topological polar surface area (TPSA) is 28.4 Å². The second-order valence-corrected chi connectivity index (χ2v) is 4.66. The van der Waals surface area contributed by atoms with E-state index in [0.717, 1.165) is 16.5 Å². The Bertz CT molecular complexity index is 560. The van der Waals surface area contributed by atoms with Gasteiger partial charge in [0.1, 0.15) is 0 Å². The van der Waals surface area contributed by atoms with Crippen LogP contribution in [0.2, 0.25) is 0 Å². The van der Waals surface area contributed by atoms with E-state index in [4.69, 9.17) is 0 Å². The van der Waals surface area contributed by atoms with Crippen molar-refractivity contribution in [2.75, 3.05) is 14.1 Å². The Hall–Kier alpha value is -1.55. The first-order chi connectivity index (χ1) is 7.91. The van der Waals surface area contributed by atoms with Gasteiger partial charge in [-0.1, -0.05) is 0 Å². The molecule has 0 spiro atoms. The van der Waals surface area contributed by atoms with Crippen LogP contribution in [-0.2, 0) is 7.05 Å². The van der Waals surface area contributed by atoms with Crippen LogP contribution in [0.5, 0.6) is 5.75 Å². The van der Waals surface area contributed by atoms with Gasteiger partial charge in [0.05, 0.1) is 5.52 Å². The second kappa shape index (κ2) is 4.04. The van der Waals surface area contributed by atoms with E-state index < -0.39 is 5.82 Å². The summed E-state index contributed by atoms with van der Waals surface area (Å²) in [5.41, 5.74) is 1.90. The number of phenolic OH excluding ortho intramolecular Hbond substituents is 1. The fourth-order valence-corrected chi connectivity index (χ4v) is 2.03. The summed E-state index contributed by atoms with van der Waals surface area (Å²) in [6, 6.07) is 3.07. The highest BCUT2D eigenvalue weighted by atomic mass is 19.1. The van der Waals surface area contributed by atoms with Crippen molar-refractivity contribution in [1.29, 1.82) is 0 Å². The quantitative estimate of drug-likeness (QED) is 0.868. The molecule has 92 valence electrons. The summed E-state index contributed by atoms with van der Waals surface area (Å²) in [5.74, 6) is -0.876. The summed E-state index contributed by atoms with van der Waals surface area (Å²) in [6.45, 7) is 2.07. The SMILES string of the molecule is CC(c1cn(C)c2cc(O)c(F)cc12)N(C)C. The lowest BCUT2D eigenvalue weighted by atomic mass is 10.1. The molecule has 4 heteroatoms. The van der Waals surface area contributed by atoms with Crippen LogP contribution in [0.3, 0.4) is 0 Å². The van der Waals surface area contributed by atoms with E-state index in [1.807, 2.05) is 31.9 Å². The number of benzene rings is 1. The molecule has 17 heavy (non-hydrogen) atoms. The Morgan fingerprint density at radius 2 is 2.00 bits per heavy atom. The minimum absolute atomic E-state index is 0.197. The van der Waals surface area contributed by atoms with Gasteiger partial charge in [0, 0.05) is 30.7 Å². The van der Waals surface area contributed by atoms with Crippen molar-refractivity contribution < 1.29 is 9.50 Å². The van der Waals surface area contributed by atoms with Crippen LogP contribution in [0.1, 0.15) is 18.5 Å². The first-order valence-corrected chi connectivity index (χ1v) is 5.55. The van der Waals surface area contributed by atoms with E-state index >= 15 is 0 Å². The van der Waals surface area contributed by atoms with Gasteiger partial charge in [0.25, 0.3) is 0 Å². The molecular formula is C13H17FN2O. The molecule has 0 saturated carbocycles. The Labute approximate surface area is 100 Å². The normalized spacial score (nSPS) is 13.5. The number of aryl methyl sites for hydroxylation is 1. The number of hydrogen-bond donors (Lipinski definition) is 1. The van der Waals surface area contributed by atoms with Gasteiger partial charge in [-0.3, -0.25) is 0 Å². The number of halogens is 1. The molecule has 0 aliphatic carbocycles. The van der Waals surface area contributed by atoms with Gasteiger partial charge in [-0.05, 0) is 32.6 Å². The highest BCUT2D eigenvalue weighted by molar-refractivity contribution is 5.85. The molecule has 0 saturated heterocycles. The van der Waals surface area contributed by atoms with Crippen molar-refractivity contribution in [3.8, 4) is 5.75 Å². The molecule has 0 fully saturated rings. The van der Waals surface area contributed by atoms with E-state index in [-0.39, 0.29) is 11.8 Å². The van der Waals surface area contributed by atoms with Crippen LogP contribution in [-0.4, -0.2) is 28.7 Å². The lowest BCUT2D eigenvalue weighted by molar-refractivity contribution is 0.322. The Morgan fingerprint density at radius 1 is 1.35 bits per heavy atom. The van der Waals surface area contributed by atoms with Gasteiger partial charge in [-0.2, -0.15) is 0 Å². The zero-order chi connectivity index (χ0) is 12.7. The second-order valence-electron chi connectivity index (χ2n) is 4.66. The molecule has 2 aromatic rings. The van der Waals surface area contributed by atoms with Gasteiger partial charge in [0.2, 0.25) is 0 Å². The number of fused-ring (bicyclic) bond motifs is 1. The zero-order valence-corrected chi connectivity index (χ0v) is 10.5. The van der Waals surface area contributed by atoms with Crippen LogP contribution >= 0.6 is 0 Å². The molecule has 1 aromatic carbocycles. The number of phenols is 1. The summed E-state index contributed by atoms with van der Waals surface area (Å²) < 4.78 is 15.3. The zero-order valence-electron chi connectivity index (χ0n) is 10.5. The molecule has 0 aliphatic rings. The van der Waals surface area contributed by atoms with E-state index in [1.165, 1.54) is 12.1 Å². The van der Waals surface area contributed by atoms with E-state index in [2.05, 4.69) is 11.8 Å². The van der Waals surface area contributed by atoms with Crippen molar-refractivity contribution in [3.05, 3.63) is 29.7 Å². The van der Waals surface area contributed by atoms with Gasteiger partial charge in [-0.25, -0.2) is 4.39 Å². The third-order valence-electron chi connectivity index (χ3n) is 3.31. The minimum atomic E-state index is -0.573. The van der Waals surface area contributed by atoms with Crippen LogP contribution in [0.25, 0.3) is 10.9 Å². The van der Waals surface area contributed by atoms with E-state index in [1.54, 1.807) is 0 Å². The van der Waals surface area contributed by atoms with Gasteiger partial charge >= 0.3 is 0 Å². The molecule has 0 aliphatic heterocycles. The Balaban J connectivity index is 2.70. The fourth-order valence-electron chi connectivity index (χ4n) is 2.03. The number of nitrogens with zero attached hydrogens (tertiary/aromatic N) is 2. The summed E-state index contributed by atoms with van der Waals surface area (Å²) in [5, 5.41) is 10.3. The van der Waals surface area contributed by atoms with E-state index in [0.29, 0.717) is 0 Å². The van der Waals surface area contributed by atoms with Crippen LogP contribution in [0.4, 0.5) is 4.39 Å². The average molecular weight is 236 g/mol. The summed E-state index contributed by atoms with van der Waals surface area (Å²) in [7, 11) is 5.87. The van der Waals surface area contributed by atoms with Crippen LogP contribution in [0, 0.1) is 5.82 Å². The van der Waals surface area contributed by atoms with Crippen LogP contribution in [0.15, 0.2) is 18.3 Å². The smallest absolute Gasteiger partial charge is 0.165 e. The molecular weight excluding hydrogens is 219 g/mol. The number of hydrogen-bond acceptors (Lipinski definition) is 2. The molecule has 0 bridgehead atoms. The minimum Gasteiger partial charge on any atom is -0.505 e. The first-order valence-electron chi connectivity index (χ1n) is 5.55. The standard InChI is InChI=1S/C13H17FN2O/c1-8(15(2)3)10-7-16(4)12-6-13(17)11(14)5-9(10)12/h5-8,17H,1-4H3. The van der Waals surface area contributed by atoms with Crippen molar-refractivity contribution in [2.45, 2.75) is 13.0 Å². The van der Waals surface area contributed by atoms with Gasteiger partial charge < -0.3 is 14.6 Å². The van der Waals surface area contributed by atoms with Crippen molar-refractivity contribution in [2.24, 2.45) is 7.05 Å². The maximum absolute atomic E-state index is 13.4. The molecule has 1 heterocycles. The van der Waals surface area contributed by atoms with Crippen molar-refractivity contribution in [1.82, 2.24) is 9.47 Å². The maximum Gasteiger partial charge on any atom is 0.165 e. The lowest BCUT2D eigenvalue weighted by Gasteiger charge is -2.19. The maximum atomic E-state index is 13.4. The highest BCUT2D eigenvalue weighted by Crippen LogP contribution is 2.31. The molecule has 1 aromatic heterocycles. The third kappa shape index (κ3) is 1.89. The fraction of sp³-hybridized carbons (Fsp3) is 0.385.